The number of carboxylic acid groups (broad SMARTS) is 1. The number of aliphatic carboxylic acids is 1. The van der Waals surface area contributed by atoms with E-state index in [9.17, 15) is 40.7 Å². The van der Waals surface area contributed by atoms with Gasteiger partial charge in [-0.25, -0.2) is 12.8 Å². The summed E-state index contributed by atoms with van der Waals surface area (Å²) in [4.78, 5) is 23.4. The Labute approximate surface area is 221 Å². The monoisotopic (exact) mass is 575 g/mol. The van der Waals surface area contributed by atoms with Crippen molar-refractivity contribution in [3.8, 4) is 11.5 Å². The van der Waals surface area contributed by atoms with Gasteiger partial charge in [-0.2, -0.15) is 13.2 Å². The van der Waals surface area contributed by atoms with Gasteiger partial charge in [0.05, 0.1) is 36.6 Å². The minimum atomic E-state index is -4.81. The second-order valence-corrected chi connectivity index (χ2v) is 11.7. The van der Waals surface area contributed by atoms with Crippen LogP contribution in [0, 0.1) is 17.7 Å². The summed E-state index contributed by atoms with van der Waals surface area (Å²) in [5.74, 6) is -4.45. The van der Waals surface area contributed by atoms with Crippen molar-refractivity contribution in [2.45, 2.75) is 49.5 Å². The summed E-state index contributed by atoms with van der Waals surface area (Å²) in [6.07, 6.45) is -5.94. The van der Waals surface area contributed by atoms with Crippen molar-refractivity contribution in [3.05, 3.63) is 47.8 Å². The Morgan fingerprint density at radius 2 is 1.85 bits per heavy atom. The van der Waals surface area contributed by atoms with Crippen LogP contribution >= 0.6 is 0 Å². The highest BCUT2D eigenvalue weighted by molar-refractivity contribution is 7.92. The van der Waals surface area contributed by atoms with Gasteiger partial charge in [-0.1, -0.05) is 6.07 Å². The normalized spacial score (nSPS) is 21.0. The summed E-state index contributed by atoms with van der Waals surface area (Å²) < 4.78 is 97.2. The van der Waals surface area contributed by atoms with Gasteiger partial charge in [0.1, 0.15) is 11.9 Å². The fraction of sp³-hybridized carbons (Fsp3) is 0.440. The molecule has 2 aromatic carbocycles. The second kappa shape index (κ2) is 9.88. The van der Waals surface area contributed by atoms with Crippen molar-refractivity contribution in [1.29, 1.82) is 0 Å². The molecule has 1 aliphatic heterocycles. The zero-order valence-corrected chi connectivity index (χ0v) is 21.8. The number of rotatable bonds is 8. The molecule has 1 aliphatic carbocycles. The van der Waals surface area contributed by atoms with Crippen LogP contribution in [0.15, 0.2) is 41.3 Å². The molecule has 1 fully saturated rings. The van der Waals surface area contributed by atoms with Crippen LogP contribution in [0.3, 0.4) is 0 Å². The fourth-order valence-electron chi connectivity index (χ4n) is 4.26. The molecule has 1 N–H and O–H groups in total. The SMILES string of the molecule is COc1cc(S(=O)(=O)N2C[C@H]([C@@H]3C[C@H]3C(=O)O)Oc3ccc(CC(=O)OC(C)(C)C(F)(F)F)cc32)ccc1F. The molecule has 14 heteroatoms. The number of halogens is 4. The Morgan fingerprint density at radius 1 is 1.15 bits per heavy atom. The molecule has 4 rings (SSSR count). The number of carbonyl (C=O) groups is 2. The highest BCUT2D eigenvalue weighted by atomic mass is 32.2. The zero-order chi connectivity index (χ0) is 28.9. The van der Waals surface area contributed by atoms with E-state index in [0.29, 0.717) is 13.8 Å². The number of carboxylic acids is 1. The third-order valence-corrected chi connectivity index (χ3v) is 8.44. The van der Waals surface area contributed by atoms with E-state index in [1.807, 2.05) is 0 Å². The Morgan fingerprint density at radius 3 is 2.44 bits per heavy atom. The lowest BCUT2D eigenvalue weighted by Crippen LogP contribution is -2.45. The van der Waals surface area contributed by atoms with Crippen molar-refractivity contribution in [3.63, 3.8) is 0 Å². The number of fused-ring (bicyclic) bond motifs is 1. The molecule has 2 aromatic rings. The van der Waals surface area contributed by atoms with Crippen molar-refractivity contribution in [2.75, 3.05) is 18.0 Å². The van der Waals surface area contributed by atoms with Gasteiger partial charge < -0.3 is 19.3 Å². The maximum Gasteiger partial charge on any atom is 0.427 e. The van der Waals surface area contributed by atoms with E-state index in [1.54, 1.807) is 0 Å². The molecule has 0 bridgehead atoms. The molecule has 0 unspecified atom stereocenters. The molecule has 2 aliphatic rings. The average Bonchev–Trinajstić information content (AvgIpc) is 3.64. The summed E-state index contributed by atoms with van der Waals surface area (Å²) >= 11 is 0. The van der Waals surface area contributed by atoms with Crippen LogP contribution < -0.4 is 13.8 Å². The molecule has 39 heavy (non-hydrogen) atoms. The molecular formula is C25H25F4NO8S. The maximum atomic E-state index is 14.0. The number of hydrogen-bond acceptors (Lipinski definition) is 7. The highest BCUT2D eigenvalue weighted by Crippen LogP contribution is 2.48. The van der Waals surface area contributed by atoms with E-state index in [4.69, 9.17) is 9.47 Å². The minimum Gasteiger partial charge on any atom is -0.494 e. The van der Waals surface area contributed by atoms with Gasteiger partial charge in [0.15, 0.2) is 11.6 Å². The van der Waals surface area contributed by atoms with Crippen molar-refractivity contribution < 1.29 is 54.9 Å². The van der Waals surface area contributed by atoms with E-state index < -0.39 is 63.9 Å². The van der Waals surface area contributed by atoms with Gasteiger partial charge in [-0.05, 0) is 50.1 Å². The Balaban J connectivity index is 1.69. The molecular weight excluding hydrogens is 550 g/mol. The number of benzene rings is 2. The lowest BCUT2D eigenvalue weighted by molar-refractivity contribution is -0.257. The van der Waals surface area contributed by atoms with E-state index >= 15 is 0 Å². The summed E-state index contributed by atoms with van der Waals surface area (Å²) in [6, 6.07) is 6.94. The molecule has 0 spiro atoms. The van der Waals surface area contributed by atoms with Gasteiger partial charge >= 0.3 is 18.1 Å². The number of methoxy groups -OCH3 is 1. The first-order chi connectivity index (χ1) is 18.0. The number of anilines is 1. The first-order valence-electron chi connectivity index (χ1n) is 11.7. The molecule has 212 valence electrons. The summed E-state index contributed by atoms with van der Waals surface area (Å²) in [6.45, 7) is 1.12. The number of hydrogen-bond donors (Lipinski definition) is 1. The quantitative estimate of drug-likeness (QED) is 0.372. The van der Waals surface area contributed by atoms with Crippen LogP contribution in [0.4, 0.5) is 23.2 Å². The first-order valence-corrected chi connectivity index (χ1v) is 13.2. The van der Waals surface area contributed by atoms with Crippen LogP contribution in [0.1, 0.15) is 25.8 Å². The third-order valence-electron chi connectivity index (χ3n) is 6.66. The predicted molar refractivity (Wildman–Crippen MR) is 128 cm³/mol. The topological polar surface area (TPSA) is 119 Å². The van der Waals surface area contributed by atoms with Crippen molar-refractivity contribution >= 4 is 27.6 Å². The number of esters is 1. The lowest BCUT2D eigenvalue weighted by Gasteiger charge is -2.36. The Bertz CT molecular complexity index is 1410. The summed E-state index contributed by atoms with van der Waals surface area (Å²) in [5, 5.41) is 9.34. The average molecular weight is 576 g/mol. The van der Waals surface area contributed by atoms with Gasteiger partial charge in [-0.15, -0.1) is 0 Å². The largest absolute Gasteiger partial charge is 0.494 e. The molecule has 3 atom stereocenters. The van der Waals surface area contributed by atoms with Crippen LogP contribution in [-0.4, -0.2) is 57.0 Å². The van der Waals surface area contributed by atoms with Crippen molar-refractivity contribution in [2.24, 2.45) is 11.8 Å². The molecule has 1 saturated carbocycles. The van der Waals surface area contributed by atoms with E-state index in [0.717, 1.165) is 22.5 Å². The molecule has 1 heterocycles. The smallest absolute Gasteiger partial charge is 0.427 e. The number of nitrogens with zero attached hydrogens (tertiary/aromatic N) is 1. The second-order valence-electron chi connectivity index (χ2n) is 9.79. The Hall–Kier alpha value is -3.55. The Kier molecular flexibility index (Phi) is 7.21. The predicted octanol–water partition coefficient (Wildman–Crippen LogP) is 3.94. The van der Waals surface area contributed by atoms with Crippen LogP contribution in [0.2, 0.25) is 0 Å². The number of carbonyl (C=O) groups excluding carboxylic acids is 1. The summed E-state index contributed by atoms with van der Waals surface area (Å²) in [5.41, 5.74) is -2.62. The minimum absolute atomic E-state index is 0.0255. The number of ether oxygens (including phenoxy) is 3. The van der Waals surface area contributed by atoms with Gasteiger partial charge in [0, 0.05) is 12.0 Å². The molecule has 0 aromatic heterocycles. The van der Waals surface area contributed by atoms with Gasteiger partial charge in [0.25, 0.3) is 10.0 Å². The maximum absolute atomic E-state index is 14.0. The first kappa shape index (κ1) is 28.5. The standard InChI is InChI=1S/C25H25F4NO8S/c1-24(2,25(27,28)29)38-22(31)9-13-4-7-19-18(8-13)30(12-21(37-19)15-11-16(15)23(32)33)39(34,35)14-5-6-17(26)20(10-14)36-3/h4-8,10,15-16,21H,9,11-12H2,1-3H3,(H,32,33)/t15-,16-,21-/m1/s1. The number of sulfonamides is 1. The van der Waals surface area contributed by atoms with E-state index in [2.05, 4.69) is 4.74 Å². The van der Waals surface area contributed by atoms with Crippen LogP contribution in [0.25, 0.3) is 0 Å². The van der Waals surface area contributed by atoms with Gasteiger partial charge in [0.2, 0.25) is 5.60 Å². The summed E-state index contributed by atoms with van der Waals surface area (Å²) in [7, 11) is -3.23. The molecule has 0 radical (unpaired) electrons. The van der Waals surface area contributed by atoms with E-state index in [-0.39, 0.29) is 40.6 Å². The lowest BCUT2D eigenvalue weighted by atomic mass is 10.1. The highest BCUT2D eigenvalue weighted by Gasteiger charge is 2.52. The molecule has 0 amide bonds. The molecule has 9 nitrogen and oxygen atoms in total. The van der Waals surface area contributed by atoms with Crippen molar-refractivity contribution in [1.82, 2.24) is 0 Å². The molecule has 0 saturated heterocycles. The zero-order valence-electron chi connectivity index (χ0n) is 21.0. The van der Waals surface area contributed by atoms with Crippen LogP contribution in [-0.2, 0) is 30.8 Å². The van der Waals surface area contributed by atoms with Crippen LogP contribution in [0.5, 0.6) is 11.5 Å². The van der Waals surface area contributed by atoms with Gasteiger partial charge in [-0.3, -0.25) is 13.9 Å². The van der Waals surface area contributed by atoms with E-state index in [1.165, 1.54) is 25.3 Å². The number of alkyl halides is 3. The third kappa shape index (κ3) is 5.60. The fourth-order valence-corrected chi connectivity index (χ4v) is 5.76.